The Morgan fingerprint density at radius 2 is 2.09 bits per heavy atom. The van der Waals surface area contributed by atoms with Crippen molar-refractivity contribution in [1.82, 2.24) is 9.97 Å². The van der Waals surface area contributed by atoms with Crippen molar-refractivity contribution >= 4 is 17.0 Å². The number of ketones is 1. The molecular weight excluding hydrogens is 280 g/mol. The minimum absolute atomic E-state index is 0.0395. The van der Waals surface area contributed by atoms with Gasteiger partial charge in [0.25, 0.3) is 0 Å². The summed E-state index contributed by atoms with van der Waals surface area (Å²) in [6.07, 6.45) is 2.85. The molecule has 0 amide bonds. The zero-order valence-electron chi connectivity index (χ0n) is 12.5. The van der Waals surface area contributed by atoms with Gasteiger partial charge in [0.05, 0.1) is 18.2 Å². The highest BCUT2D eigenvalue weighted by Gasteiger charge is 2.18. The van der Waals surface area contributed by atoms with Crippen LogP contribution in [0, 0.1) is 0 Å². The first-order valence-electron chi connectivity index (χ1n) is 7.16. The summed E-state index contributed by atoms with van der Waals surface area (Å²) in [7, 11) is 1.59. The van der Waals surface area contributed by atoms with Gasteiger partial charge in [-0.25, -0.2) is 4.98 Å². The quantitative estimate of drug-likeness (QED) is 0.668. The molecule has 0 saturated carbocycles. The van der Waals surface area contributed by atoms with E-state index in [2.05, 4.69) is 9.97 Å². The molecule has 3 aromatic rings. The molecule has 0 N–H and O–H groups in total. The number of fused-ring (bicyclic) bond motifs is 1. The van der Waals surface area contributed by atoms with Gasteiger partial charge in [-0.15, -0.1) is 0 Å². The van der Waals surface area contributed by atoms with E-state index in [1.54, 1.807) is 19.4 Å². The maximum atomic E-state index is 12.2. The monoisotopic (exact) mass is 296 g/mol. The number of pyridine rings is 1. The molecule has 0 aliphatic heterocycles. The van der Waals surface area contributed by atoms with E-state index in [0.717, 1.165) is 12.0 Å². The van der Waals surface area contributed by atoms with Gasteiger partial charge in [0.15, 0.2) is 17.0 Å². The summed E-state index contributed by atoms with van der Waals surface area (Å²) in [4.78, 5) is 20.8. The fraction of sp³-hybridized carbons (Fsp3) is 0.235. The van der Waals surface area contributed by atoms with Crippen LogP contribution in [0.15, 0.2) is 40.9 Å². The lowest BCUT2D eigenvalue weighted by atomic mass is 10.1. The lowest BCUT2D eigenvalue weighted by molar-refractivity contribution is 0.0982. The normalized spacial score (nSPS) is 10.8. The molecule has 0 unspecified atom stereocenters. The topological polar surface area (TPSA) is 65.2 Å². The highest BCUT2D eigenvalue weighted by molar-refractivity contribution is 6.04. The predicted molar refractivity (Wildman–Crippen MR) is 83.0 cm³/mol. The lowest BCUT2D eigenvalue weighted by Gasteiger charge is -2.03. The summed E-state index contributed by atoms with van der Waals surface area (Å²) in [5.74, 6) is 1.10. The molecule has 0 aliphatic rings. The number of methoxy groups -OCH3 is 1. The highest BCUT2D eigenvalue weighted by Crippen LogP contribution is 2.32. The Kier molecular flexibility index (Phi) is 3.87. The van der Waals surface area contributed by atoms with Crippen molar-refractivity contribution < 1.29 is 13.9 Å². The van der Waals surface area contributed by atoms with Crippen LogP contribution in [0.5, 0.6) is 5.75 Å². The molecular formula is C17H16N2O3. The van der Waals surface area contributed by atoms with Gasteiger partial charge in [-0.3, -0.25) is 4.79 Å². The summed E-state index contributed by atoms with van der Waals surface area (Å²) in [6, 6.07) is 9.12. The molecule has 0 fully saturated rings. The first kappa shape index (κ1) is 14.3. The number of carbonyl (C=O) groups excluding carboxylic acids is 1. The molecule has 22 heavy (non-hydrogen) atoms. The molecule has 5 nitrogen and oxygen atoms in total. The summed E-state index contributed by atoms with van der Waals surface area (Å²) in [6.45, 7) is 1.97. The third-order valence-corrected chi connectivity index (χ3v) is 3.41. The zero-order chi connectivity index (χ0) is 15.5. The van der Waals surface area contributed by atoms with Crippen LogP contribution in [0.25, 0.3) is 22.7 Å². The molecule has 1 aromatic carbocycles. The molecule has 3 rings (SSSR count). The maximum Gasteiger partial charge on any atom is 0.232 e. The number of rotatable bonds is 5. The Bertz CT molecular complexity index is 824. The molecule has 0 saturated heterocycles. The van der Waals surface area contributed by atoms with Crippen molar-refractivity contribution in [3.63, 3.8) is 0 Å². The van der Waals surface area contributed by atoms with E-state index < -0.39 is 0 Å². The minimum Gasteiger partial charge on any atom is -0.496 e. The van der Waals surface area contributed by atoms with Crippen LogP contribution < -0.4 is 4.74 Å². The van der Waals surface area contributed by atoms with Gasteiger partial charge in [-0.2, -0.15) is 4.98 Å². The van der Waals surface area contributed by atoms with Crippen LogP contribution in [0.3, 0.4) is 0 Å². The van der Waals surface area contributed by atoms with Crippen molar-refractivity contribution in [2.24, 2.45) is 0 Å². The van der Waals surface area contributed by atoms with Crippen LogP contribution in [0.1, 0.15) is 30.1 Å². The smallest absolute Gasteiger partial charge is 0.232 e. The van der Waals surface area contributed by atoms with E-state index in [1.807, 2.05) is 31.2 Å². The van der Waals surface area contributed by atoms with Crippen molar-refractivity contribution in [2.75, 3.05) is 7.11 Å². The second kappa shape index (κ2) is 5.97. The van der Waals surface area contributed by atoms with Crippen LogP contribution in [0.2, 0.25) is 0 Å². The van der Waals surface area contributed by atoms with Gasteiger partial charge in [0, 0.05) is 12.6 Å². The summed E-state index contributed by atoms with van der Waals surface area (Å²) in [5, 5.41) is 0. The number of hydrogen-bond donors (Lipinski definition) is 0. The lowest BCUT2D eigenvalue weighted by Crippen LogP contribution is -1.98. The van der Waals surface area contributed by atoms with Crippen molar-refractivity contribution in [3.05, 3.63) is 42.1 Å². The van der Waals surface area contributed by atoms with Gasteiger partial charge >= 0.3 is 0 Å². The van der Waals surface area contributed by atoms with Crippen LogP contribution in [-0.4, -0.2) is 22.9 Å². The number of nitrogens with zero attached hydrogens (tertiary/aromatic N) is 2. The van der Waals surface area contributed by atoms with Crippen molar-refractivity contribution in [1.29, 1.82) is 0 Å². The first-order valence-corrected chi connectivity index (χ1v) is 7.16. The van der Waals surface area contributed by atoms with E-state index in [9.17, 15) is 4.79 Å². The van der Waals surface area contributed by atoms with Crippen LogP contribution in [-0.2, 0) is 0 Å². The van der Waals surface area contributed by atoms with E-state index in [-0.39, 0.29) is 5.78 Å². The standard InChI is InChI=1S/C17H16N2O3/c1-3-6-13(20)11-9-10-18-16-15(11)22-17(19-16)12-7-4-5-8-14(12)21-2/h4-5,7-10H,3,6H2,1-2H3. The number of benzene rings is 1. The Hall–Kier alpha value is -2.69. The Balaban J connectivity index is 2.14. The number of carbonyl (C=O) groups is 1. The van der Waals surface area contributed by atoms with Crippen molar-refractivity contribution in [2.45, 2.75) is 19.8 Å². The van der Waals surface area contributed by atoms with E-state index in [0.29, 0.717) is 34.9 Å². The molecule has 0 spiro atoms. The first-order chi connectivity index (χ1) is 10.7. The molecule has 5 heteroatoms. The molecule has 0 bridgehead atoms. The van der Waals surface area contributed by atoms with Gasteiger partial charge in [-0.05, 0) is 24.6 Å². The minimum atomic E-state index is 0.0395. The predicted octanol–water partition coefficient (Wildman–Crippen LogP) is 3.88. The van der Waals surface area contributed by atoms with Crippen LogP contribution in [0.4, 0.5) is 0 Å². The van der Waals surface area contributed by atoms with Gasteiger partial charge in [0.1, 0.15) is 5.75 Å². The highest BCUT2D eigenvalue weighted by atomic mass is 16.5. The van der Waals surface area contributed by atoms with Crippen molar-refractivity contribution in [3.8, 4) is 17.2 Å². The molecule has 0 radical (unpaired) electrons. The van der Waals surface area contributed by atoms with E-state index in [4.69, 9.17) is 9.15 Å². The molecule has 0 aliphatic carbocycles. The number of ether oxygens (including phenoxy) is 1. The molecule has 2 heterocycles. The largest absolute Gasteiger partial charge is 0.496 e. The third-order valence-electron chi connectivity index (χ3n) is 3.41. The van der Waals surface area contributed by atoms with E-state index >= 15 is 0 Å². The number of hydrogen-bond acceptors (Lipinski definition) is 5. The Morgan fingerprint density at radius 3 is 2.86 bits per heavy atom. The fourth-order valence-electron chi connectivity index (χ4n) is 2.35. The Labute approximate surface area is 128 Å². The average molecular weight is 296 g/mol. The number of para-hydroxylation sites is 1. The Morgan fingerprint density at radius 1 is 1.27 bits per heavy atom. The fourth-order valence-corrected chi connectivity index (χ4v) is 2.35. The maximum absolute atomic E-state index is 12.2. The van der Waals surface area contributed by atoms with Gasteiger partial charge in [0.2, 0.25) is 5.89 Å². The third kappa shape index (κ3) is 2.45. The number of Topliss-reactive ketones (excluding diaryl/α,β-unsaturated/α-hetero) is 1. The molecule has 2 aromatic heterocycles. The summed E-state index contributed by atoms with van der Waals surface area (Å²) in [5.41, 5.74) is 2.13. The second-order valence-electron chi connectivity index (χ2n) is 4.90. The van der Waals surface area contributed by atoms with E-state index in [1.165, 1.54) is 0 Å². The van der Waals surface area contributed by atoms with Crippen LogP contribution >= 0.6 is 0 Å². The average Bonchev–Trinajstić information content (AvgIpc) is 2.98. The SMILES string of the molecule is CCCC(=O)c1ccnc2nc(-c3ccccc3OC)oc12. The summed E-state index contributed by atoms with van der Waals surface area (Å²) >= 11 is 0. The zero-order valence-corrected chi connectivity index (χ0v) is 12.5. The number of aromatic nitrogens is 2. The number of oxazole rings is 1. The van der Waals surface area contributed by atoms with Gasteiger partial charge < -0.3 is 9.15 Å². The molecule has 112 valence electrons. The molecule has 0 atom stereocenters. The summed E-state index contributed by atoms with van der Waals surface area (Å²) < 4.78 is 11.1. The van der Waals surface area contributed by atoms with Gasteiger partial charge in [-0.1, -0.05) is 19.1 Å². The second-order valence-corrected chi connectivity index (χ2v) is 4.90.